The zero-order valence-electron chi connectivity index (χ0n) is 15.6. The van der Waals surface area contributed by atoms with Gasteiger partial charge in [0.25, 0.3) is 11.6 Å². The Balaban J connectivity index is 1.92. The van der Waals surface area contributed by atoms with Crippen molar-refractivity contribution in [2.45, 2.75) is 31.6 Å². The second-order valence-corrected chi connectivity index (χ2v) is 8.66. The van der Waals surface area contributed by atoms with E-state index in [-0.39, 0.29) is 16.1 Å². The van der Waals surface area contributed by atoms with Gasteiger partial charge in [0.15, 0.2) is 0 Å². The minimum atomic E-state index is -3.66. The van der Waals surface area contributed by atoms with Crippen LogP contribution in [0.1, 0.15) is 34.3 Å². The molecule has 2 aromatic rings. The molecule has 1 fully saturated rings. The molecule has 1 aliphatic heterocycles. The summed E-state index contributed by atoms with van der Waals surface area (Å²) >= 11 is 0. The molecule has 1 amide bonds. The normalized spacial score (nSPS) is 14.8. The van der Waals surface area contributed by atoms with Crippen LogP contribution in [0.25, 0.3) is 0 Å². The van der Waals surface area contributed by atoms with Crippen molar-refractivity contribution in [3.63, 3.8) is 0 Å². The number of aryl methyl sites for hydroxylation is 1. The van der Waals surface area contributed by atoms with Gasteiger partial charge >= 0.3 is 0 Å². The molecule has 0 bridgehead atoms. The number of nitro benzene ring substituents is 1. The number of nitrogens with one attached hydrogen (secondary N) is 1. The van der Waals surface area contributed by atoms with Crippen molar-refractivity contribution in [1.82, 2.24) is 4.31 Å². The SMILES string of the molecule is Cc1ccc(C(=O)Nc2cccc([N+](=O)[O-])c2C)cc1S(=O)(=O)N1CCCC1. The lowest BCUT2D eigenvalue weighted by Gasteiger charge is -2.18. The van der Waals surface area contributed by atoms with E-state index in [0.29, 0.717) is 29.9 Å². The van der Waals surface area contributed by atoms with Crippen molar-refractivity contribution >= 4 is 27.3 Å². The van der Waals surface area contributed by atoms with Crippen LogP contribution in [0.3, 0.4) is 0 Å². The van der Waals surface area contributed by atoms with E-state index in [9.17, 15) is 23.3 Å². The van der Waals surface area contributed by atoms with Crippen LogP contribution in [0, 0.1) is 24.0 Å². The first kappa shape index (κ1) is 20.0. The molecular formula is C19H21N3O5S. The molecule has 0 saturated carbocycles. The molecule has 0 radical (unpaired) electrons. The van der Waals surface area contributed by atoms with Gasteiger partial charge in [-0.1, -0.05) is 12.1 Å². The maximum absolute atomic E-state index is 12.9. The van der Waals surface area contributed by atoms with Crippen molar-refractivity contribution in [1.29, 1.82) is 0 Å². The molecule has 0 atom stereocenters. The summed E-state index contributed by atoms with van der Waals surface area (Å²) in [6.45, 7) is 4.19. The third-order valence-electron chi connectivity index (χ3n) is 4.88. The molecule has 2 aromatic carbocycles. The molecule has 9 heteroatoms. The lowest BCUT2D eigenvalue weighted by atomic mass is 10.1. The highest BCUT2D eigenvalue weighted by Gasteiger charge is 2.29. The number of amides is 1. The second-order valence-electron chi connectivity index (χ2n) is 6.75. The van der Waals surface area contributed by atoms with E-state index in [1.54, 1.807) is 32.0 Å². The predicted octanol–water partition coefficient (Wildman–Crippen LogP) is 3.25. The summed E-state index contributed by atoms with van der Waals surface area (Å²) in [6.07, 6.45) is 1.65. The number of carbonyl (C=O) groups is 1. The molecular weight excluding hydrogens is 382 g/mol. The summed E-state index contributed by atoms with van der Waals surface area (Å²) in [4.78, 5) is 23.3. The van der Waals surface area contributed by atoms with Gasteiger partial charge < -0.3 is 5.32 Å². The summed E-state index contributed by atoms with van der Waals surface area (Å²) in [7, 11) is -3.66. The number of anilines is 1. The van der Waals surface area contributed by atoms with Crippen LogP contribution in [0.5, 0.6) is 0 Å². The van der Waals surface area contributed by atoms with Crippen LogP contribution in [-0.4, -0.2) is 36.6 Å². The Hall–Kier alpha value is -2.78. The largest absolute Gasteiger partial charge is 0.321 e. The topological polar surface area (TPSA) is 110 Å². The van der Waals surface area contributed by atoms with Gasteiger partial charge in [0.2, 0.25) is 10.0 Å². The van der Waals surface area contributed by atoms with Gasteiger partial charge in [-0.25, -0.2) is 8.42 Å². The molecule has 1 heterocycles. The predicted molar refractivity (Wildman–Crippen MR) is 105 cm³/mol. The lowest BCUT2D eigenvalue weighted by Crippen LogP contribution is -2.28. The van der Waals surface area contributed by atoms with Crippen LogP contribution in [0.15, 0.2) is 41.3 Å². The zero-order chi connectivity index (χ0) is 20.5. The molecule has 0 spiro atoms. The van der Waals surface area contributed by atoms with E-state index in [1.165, 1.54) is 22.5 Å². The molecule has 1 N–H and O–H groups in total. The standard InChI is InChI=1S/C19H21N3O5S/c1-13-8-9-15(12-18(13)28(26,27)21-10-3-4-11-21)19(23)20-16-6-5-7-17(14(16)2)22(24)25/h5-9,12H,3-4,10-11H2,1-2H3,(H,20,23). The molecule has 1 saturated heterocycles. The number of sulfonamides is 1. The summed E-state index contributed by atoms with van der Waals surface area (Å²) in [5.41, 5.74) is 1.28. The fourth-order valence-electron chi connectivity index (χ4n) is 3.24. The Labute approximate surface area is 163 Å². The van der Waals surface area contributed by atoms with E-state index in [2.05, 4.69) is 5.32 Å². The van der Waals surface area contributed by atoms with Gasteiger partial charge in [-0.3, -0.25) is 14.9 Å². The summed E-state index contributed by atoms with van der Waals surface area (Å²) in [6, 6.07) is 8.91. The second kappa shape index (κ2) is 7.69. The Kier molecular flexibility index (Phi) is 5.48. The molecule has 1 aliphatic rings. The van der Waals surface area contributed by atoms with Crippen LogP contribution < -0.4 is 5.32 Å². The third-order valence-corrected chi connectivity index (χ3v) is 6.92. The molecule has 148 valence electrons. The van der Waals surface area contributed by atoms with Crippen LogP contribution in [0.2, 0.25) is 0 Å². The summed E-state index contributed by atoms with van der Waals surface area (Å²) in [5, 5.41) is 13.7. The van der Waals surface area contributed by atoms with Crippen LogP contribution in [0.4, 0.5) is 11.4 Å². The number of hydrogen-bond acceptors (Lipinski definition) is 5. The Morgan fingerprint density at radius 3 is 2.46 bits per heavy atom. The van der Waals surface area contributed by atoms with Gasteiger partial charge in [-0.15, -0.1) is 0 Å². The van der Waals surface area contributed by atoms with Crippen LogP contribution in [-0.2, 0) is 10.0 Å². The van der Waals surface area contributed by atoms with E-state index in [1.807, 2.05) is 0 Å². The first-order valence-electron chi connectivity index (χ1n) is 8.88. The molecule has 28 heavy (non-hydrogen) atoms. The molecule has 3 rings (SSSR count). The number of nitro groups is 1. The third kappa shape index (κ3) is 3.76. The first-order valence-corrected chi connectivity index (χ1v) is 10.3. The smallest absolute Gasteiger partial charge is 0.274 e. The quantitative estimate of drug-likeness (QED) is 0.609. The van der Waals surface area contributed by atoms with Crippen molar-refractivity contribution in [3.8, 4) is 0 Å². The molecule has 0 aliphatic carbocycles. The number of hydrogen-bond donors (Lipinski definition) is 1. The Morgan fingerprint density at radius 1 is 1.14 bits per heavy atom. The number of benzene rings is 2. The van der Waals surface area contributed by atoms with E-state index >= 15 is 0 Å². The first-order chi connectivity index (χ1) is 13.2. The fourth-order valence-corrected chi connectivity index (χ4v) is 5.01. The van der Waals surface area contributed by atoms with Gasteiger partial charge in [0.1, 0.15) is 0 Å². The molecule has 8 nitrogen and oxygen atoms in total. The maximum atomic E-state index is 12.9. The number of rotatable bonds is 5. The lowest BCUT2D eigenvalue weighted by molar-refractivity contribution is -0.385. The van der Waals surface area contributed by atoms with E-state index < -0.39 is 20.9 Å². The fraction of sp³-hybridized carbons (Fsp3) is 0.316. The molecule has 0 unspecified atom stereocenters. The minimum absolute atomic E-state index is 0.0981. The van der Waals surface area contributed by atoms with Crippen molar-refractivity contribution in [3.05, 3.63) is 63.2 Å². The molecule has 0 aromatic heterocycles. The van der Waals surface area contributed by atoms with Gasteiger partial charge in [-0.2, -0.15) is 4.31 Å². The highest BCUT2D eigenvalue weighted by molar-refractivity contribution is 7.89. The highest BCUT2D eigenvalue weighted by atomic mass is 32.2. The van der Waals surface area contributed by atoms with Gasteiger partial charge in [-0.05, 0) is 50.5 Å². The average molecular weight is 403 g/mol. The Morgan fingerprint density at radius 2 is 1.82 bits per heavy atom. The highest BCUT2D eigenvalue weighted by Crippen LogP contribution is 2.27. The monoisotopic (exact) mass is 403 g/mol. The van der Waals surface area contributed by atoms with Crippen LogP contribution >= 0.6 is 0 Å². The van der Waals surface area contributed by atoms with Crippen molar-refractivity contribution in [2.24, 2.45) is 0 Å². The van der Waals surface area contributed by atoms with Gasteiger partial charge in [0, 0.05) is 24.7 Å². The minimum Gasteiger partial charge on any atom is -0.321 e. The van der Waals surface area contributed by atoms with E-state index in [4.69, 9.17) is 0 Å². The Bertz CT molecular complexity index is 1040. The van der Waals surface area contributed by atoms with Gasteiger partial charge in [0.05, 0.1) is 21.1 Å². The van der Waals surface area contributed by atoms with E-state index in [0.717, 1.165) is 12.8 Å². The maximum Gasteiger partial charge on any atom is 0.274 e. The van der Waals surface area contributed by atoms with Crippen molar-refractivity contribution in [2.75, 3.05) is 18.4 Å². The zero-order valence-corrected chi connectivity index (χ0v) is 16.5. The average Bonchev–Trinajstić information content (AvgIpc) is 3.19. The van der Waals surface area contributed by atoms with Crippen molar-refractivity contribution < 1.29 is 18.1 Å². The summed E-state index contributed by atoms with van der Waals surface area (Å²) < 4.78 is 27.2. The summed E-state index contributed by atoms with van der Waals surface area (Å²) in [5.74, 6) is -0.526. The number of carbonyl (C=O) groups excluding carboxylic acids is 1. The number of nitrogens with zero attached hydrogens (tertiary/aromatic N) is 2.